The van der Waals surface area contributed by atoms with Crippen LogP contribution in [0.4, 0.5) is 4.79 Å². The number of ether oxygens (including phenoxy) is 1. The number of hydrogen-bond donors (Lipinski definition) is 1. The fourth-order valence-electron chi connectivity index (χ4n) is 3.35. The van der Waals surface area contributed by atoms with Crippen LogP contribution in [0.2, 0.25) is 0 Å². The molecule has 4 unspecified atom stereocenters. The maximum atomic E-state index is 12.3. The van der Waals surface area contributed by atoms with Crippen LogP contribution in [0.25, 0.3) is 0 Å². The quantitative estimate of drug-likeness (QED) is 0.722. The minimum Gasteiger partial charge on any atom is -0.444 e. The van der Waals surface area contributed by atoms with E-state index < -0.39 is 5.60 Å². The van der Waals surface area contributed by atoms with Crippen molar-refractivity contribution in [1.29, 1.82) is 0 Å². The zero-order valence-corrected chi connectivity index (χ0v) is 12.0. The minimum atomic E-state index is -0.432. The van der Waals surface area contributed by atoms with Gasteiger partial charge >= 0.3 is 6.09 Å². The summed E-state index contributed by atoms with van der Waals surface area (Å²) in [6.45, 7) is 7.96. The lowest BCUT2D eigenvalue weighted by atomic mass is 9.90. The summed E-state index contributed by atoms with van der Waals surface area (Å²) >= 11 is 0. The van der Waals surface area contributed by atoms with Crippen LogP contribution in [0, 0.1) is 5.92 Å². The van der Waals surface area contributed by atoms with Gasteiger partial charge in [-0.2, -0.15) is 0 Å². The second kappa shape index (κ2) is 4.72. The first kappa shape index (κ1) is 13.7. The number of nitrogens with zero attached hydrogens (tertiary/aromatic N) is 1. The number of nitrogens with two attached hydrogens (primary N) is 1. The molecule has 2 aliphatic rings. The minimum absolute atomic E-state index is 0.0972. The number of carbonyl (C=O) groups is 1. The molecule has 0 spiro atoms. The molecule has 1 amide bonds. The van der Waals surface area contributed by atoms with E-state index in [1.165, 1.54) is 0 Å². The van der Waals surface area contributed by atoms with E-state index in [4.69, 9.17) is 10.5 Å². The Bertz CT molecular complexity index is 324. The Hall–Kier alpha value is -0.770. The molecular weight excluding hydrogens is 228 g/mol. The van der Waals surface area contributed by atoms with Gasteiger partial charge in [-0.3, -0.25) is 0 Å². The van der Waals surface area contributed by atoms with Gasteiger partial charge in [-0.25, -0.2) is 4.79 Å². The van der Waals surface area contributed by atoms with Crippen LogP contribution in [0.1, 0.15) is 53.4 Å². The molecular formula is C14H26N2O2. The summed E-state index contributed by atoms with van der Waals surface area (Å²) in [6.07, 6.45) is 3.99. The Morgan fingerprint density at radius 2 is 1.94 bits per heavy atom. The molecule has 2 heterocycles. The van der Waals surface area contributed by atoms with Gasteiger partial charge in [-0.15, -0.1) is 0 Å². The van der Waals surface area contributed by atoms with E-state index in [0.717, 1.165) is 25.7 Å². The van der Waals surface area contributed by atoms with Crippen LogP contribution in [0.3, 0.4) is 0 Å². The summed E-state index contributed by atoms with van der Waals surface area (Å²) in [5, 5.41) is 0. The molecule has 0 aromatic rings. The first-order chi connectivity index (χ1) is 8.28. The zero-order valence-electron chi connectivity index (χ0n) is 12.0. The first-order valence-electron chi connectivity index (χ1n) is 7.05. The van der Waals surface area contributed by atoms with Crippen LogP contribution in [-0.2, 0) is 4.74 Å². The second-order valence-corrected chi connectivity index (χ2v) is 6.93. The first-order valence-corrected chi connectivity index (χ1v) is 7.05. The fourth-order valence-corrected chi connectivity index (χ4v) is 3.35. The third kappa shape index (κ3) is 2.79. The normalized spacial score (nSPS) is 36.4. The van der Waals surface area contributed by atoms with Crippen LogP contribution in [-0.4, -0.2) is 34.7 Å². The molecule has 0 radical (unpaired) electrons. The summed E-state index contributed by atoms with van der Waals surface area (Å²) in [7, 11) is 0. The van der Waals surface area contributed by atoms with Gasteiger partial charge in [0.05, 0.1) is 6.04 Å². The fraction of sp³-hybridized carbons (Fsp3) is 0.929. The lowest BCUT2D eigenvalue weighted by Gasteiger charge is -2.32. The van der Waals surface area contributed by atoms with E-state index >= 15 is 0 Å². The molecule has 0 aromatic carbocycles. The second-order valence-electron chi connectivity index (χ2n) is 6.93. The van der Waals surface area contributed by atoms with Crippen molar-refractivity contribution < 1.29 is 9.53 Å². The average molecular weight is 254 g/mol. The van der Waals surface area contributed by atoms with Gasteiger partial charge in [-0.1, -0.05) is 6.92 Å². The SMILES string of the molecule is CC1CC(N)C2CCC(C1)N2C(=O)OC(C)(C)C. The molecule has 0 aromatic heterocycles. The molecule has 0 saturated carbocycles. The molecule has 0 aliphatic carbocycles. The Morgan fingerprint density at radius 3 is 2.56 bits per heavy atom. The highest BCUT2D eigenvalue weighted by molar-refractivity contribution is 5.69. The largest absolute Gasteiger partial charge is 0.444 e. The molecule has 2 aliphatic heterocycles. The summed E-state index contributed by atoms with van der Waals surface area (Å²) in [4.78, 5) is 14.3. The van der Waals surface area contributed by atoms with Gasteiger partial charge in [0.25, 0.3) is 0 Å². The highest BCUT2D eigenvalue weighted by Crippen LogP contribution is 2.37. The zero-order chi connectivity index (χ0) is 13.5. The van der Waals surface area contributed by atoms with Gasteiger partial charge in [0.15, 0.2) is 0 Å². The van der Waals surface area contributed by atoms with Crippen LogP contribution >= 0.6 is 0 Å². The molecule has 4 heteroatoms. The molecule has 2 rings (SSSR count). The van der Waals surface area contributed by atoms with Crippen molar-refractivity contribution >= 4 is 6.09 Å². The van der Waals surface area contributed by atoms with Crippen molar-refractivity contribution in [3.63, 3.8) is 0 Å². The Morgan fingerprint density at radius 1 is 1.28 bits per heavy atom. The van der Waals surface area contributed by atoms with Crippen molar-refractivity contribution in [3.8, 4) is 0 Å². The van der Waals surface area contributed by atoms with E-state index in [1.807, 2.05) is 25.7 Å². The smallest absolute Gasteiger partial charge is 0.410 e. The van der Waals surface area contributed by atoms with Crippen molar-refractivity contribution in [2.45, 2.75) is 77.1 Å². The van der Waals surface area contributed by atoms with E-state index in [9.17, 15) is 4.79 Å². The molecule has 4 atom stereocenters. The van der Waals surface area contributed by atoms with Crippen LogP contribution in [0.5, 0.6) is 0 Å². The molecule has 2 fully saturated rings. The number of amides is 1. The predicted octanol–water partition coefficient (Wildman–Crippen LogP) is 2.51. The topological polar surface area (TPSA) is 55.6 Å². The summed E-state index contributed by atoms with van der Waals surface area (Å²) in [6, 6.07) is 0.600. The average Bonchev–Trinajstić information content (AvgIpc) is 2.52. The van der Waals surface area contributed by atoms with E-state index in [-0.39, 0.29) is 18.2 Å². The highest BCUT2D eigenvalue weighted by atomic mass is 16.6. The van der Waals surface area contributed by atoms with Crippen LogP contribution in [0.15, 0.2) is 0 Å². The Labute approximate surface area is 110 Å². The number of fused-ring (bicyclic) bond motifs is 2. The Kier molecular flexibility index (Phi) is 3.58. The third-order valence-corrected chi connectivity index (χ3v) is 3.99. The maximum Gasteiger partial charge on any atom is 0.410 e. The molecule has 2 bridgehead atoms. The molecule has 18 heavy (non-hydrogen) atoms. The molecule has 2 saturated heterocycles. The van der Waals surface area contributed by atoms with Crippen molar-refractivity contribution in [1.82, 2.24) is 4.90 Å². The molecule has 104 valence electrons. The van der Waals surface area contributed by atoms with Gasteiger partial charge in [0.1, 0.15) is 5.60 Å². The molecule has 2 N–H and O–H groups in total. The van der Waals surface area contributed by atoms with Crippen LogP contribution < -0.4 is 5.73 Å². The third-order valence-electron chi connectivity index (χ3n) is 3.99. The standard InChI is InChI=1S/C14H26N2O2/c1-9-7-10-5-6-12(11(15)8-9)16(10)13(17)18-14(2,3)4/h9-12H,5-8,15H2,1-4H3. The monoisotopic (exact) mass is 254 g/mol. The molecule has 4 nitrogen and oxygen atoms in total. The summed E-state index contributed by atoms with van der Waals surface area (Å²) in [5.74, 6) is 0.597. The maximum absolute atomic E-state index is 12.3. The Balaban J connectivity index is 2.14. The van der Waals surface area contributed by atoms with Gasteiger partial charge in [0, 0.05) is 12.1 Å². The van der Waals surface area contributed by atoms with Crippen molar-refractivity contribution in [2.24, 2.45) is 11.7 Å². The number of hydrogen-bond acceptors (Lipinski definition) is 3. The number of rotatable bonds is 0. The van der Waals surface area contributed by atoms with E-state index in [2.05, 4.69) is 6.92 Å². The summed E-state index contributed by atoms with van der Waals surface area (Å²) < 4.78 is 5.53. The van der Waals surface area contributed by atoms with E-state index in [1.54, 1.807) is 0 Å². The van der Waals surface area contributed by atoms with Crippen molar-refractivity contribution in [2.75, 3.05) is 0 Å². The van der Waals surface area contributed by atoms with Crippen molar-refractivity contribution in [3.05, 3.63) is 0 Å². The summed E-state index contributed by atoms with van der Waals surface area (Å²) in [5.41, 5.74) is 5.82. The van der Waals surface area contributed by atoms with Gasteiger partial charge < -0.3 is 15.4 Å². The predicted molar refractivity (Wildman–Crippen MR) is 71.3 cm³/mol. The van der Waals surface area contributed by atoms with E-state index in [0.29, 0.717) is 12.0 Å². The van der Waals surface area contributed by atoms with Gasteiger partial charge in [-0.05, 0) is 52.4 Å². The number of carbonyl (C=O) groups excluding carboxylic acids is 1. The highest BCUT2D eigenvalue weighted by Gasteiger charge is 2.44. The van der Waals surface area contributed by atoms with Gasteiger partial charge in [0.2, 0.25) is 0 Å². The lowest BCUT2D eigenvalue weighted by molar-refractivity contribution is 0.0137. The lowest BCUT2D eigenvalue weighted by Crippen LogP contribution is -2.49.